The predicted molar refractivity (Wildman–Crippen MR) is 130 cm³/mol. The van der Waals surface area contributed by atoms with E-state index < -0.39 is 95.8 Å². The second-order valence-electron chi connectivity index (χ2n) is 9.20. The highest BCUT2D eigenvalue weighted by atomic mass is 19.1. The smallest absolute Gasteiger partial charge is 0.423 e. The molecular formula is C22H25B2F4N3O8. The number of hydrogen-bond donors (Lipinski definition) is 6. The van der Waals surface area contributed by atoms with E-state index in [1.54, 1.807) is 0 Å². The molecule has 6 N–H and O–H groups in total. The number of halogens is 4. The summed E-state index contributed by atoms with van der Waals surface area (Å²) in [5.74, 6) is -9.02. The lowest BCUT2D eigenvalue weighted by Crippen LogP contribution is -2.48. The summed E-state index contributed by atoms with van der Waals surface area (Å²) < 4.78 is 57.8. The topological polar surface area (TPSA) is 169 Å². The molecule has 0 aliphatic heterocycles. The zero-order chi connectivity index (χ0) is 29.7. The Morgan fingerprint density at radius 1 is 0.872 bits per heavy atom. The van der Waals surface area contributed by atoms with Crippen molar-refractivity contribution in [2.45, 2.75) is 13.8 Å². The lowest BCUT2D eigenvalue weighted by molar-refractivity contribution is -0.132. The highest BCUT2D eigenvalue weighted by Crippen LogP contribution is 2.21. The second kappa shape index (κ2) is 13.0. The van der Waals surface area contributed by atoms with Crippen molar-refractivity contribution in [1.29, 1.82) is 0 Å². The van der Waals surface area contributed by atoms with Crippen molar-refractivity contribution in [3.63, 3.8) is 0 Å². The van der Waals surface area contributed by atoms with Crippen molar-refractivity contribution < 1.29 is 56.9 Å². The van der Waals surface area contributed by atoms with Crippen molar-refractivity contribution >= 4 is 42.9 Å². The van der Waals surface area contributed by atoms with Crippen LogP contribution in [-0.2, 0) is 9.63 Å². The Hall–Kier alpha value is -3.50. The summed E-state index contributed by atoms with van der Waals surface area (Å²) in [6, 6.07) is 2.19. The third-order valence-corrected chi connectivity index (χ3v) is 5.35. The molecule has 11 nitrogen and oxygen atoms in total. The minimum Gasteiger partial charge on any atom is -0.423 e. The van der Waals surface area contributed by atoms with Crippen molar-refractivity contribution in [2.24, 2.45) is 5.41 Å². The number of carbonyl (C=O) groups is 3. The van der Waals surface area contributed by atoms with E-state index in [9.17, 15) is 31.9 Å². The van der Waals surface area contributed by atoms with Gasteiger partial charge in [0.05, 0.1) is 7.11 Å². The molecule has 0 heterocycles. The Kier molecular flexibility index (Phi) is 10.6. The van der Waals surface area contributed by atoms with Crippen molar-refractivity contribution in [1.82, 2.24) is 15.7 Å². The molecule has 0 saturated heterocycles. The van der Waals surface area contributed by atoms with Crippen molar-refractivity contribution in [2.75, 3.05) is 26.7 Å². The van der Waals surface area contributed by atoms with Crippen LogP contribution in [0, 0.1) is 28.7 Å². The summed E-state index contributed by atoms with van der Waals surface area (Å²) in [6.45, 7) is 1.40. The third kappa shape index (κ3) is 8.24. The zero-order valence-electron chi connectivity index (χ0n) is 21.0. The summed E-state index contributed by atoms with van der Waals surface area (Å²) in [5, 5.41) is 38.7. The molecule has 17 heteroatoms. The molecule has 2 aromatic carbocycles. The first kappa shape index (κ1) is 31.7. The molecule has 39 heavy (non-hydrogen) atoms. The quantitative estimate of drug-likeness (QED) is 0.107. The largest absolute Gasteiger partial charge is 0.488 e. The number of nitrogens with one attached hydrogen (secondary N) is 2. The molecule has 0 unspecified atom stereocenters. The average Bonchev–Trinajstić information content (AvgIpc) is 2.81. The average molecular weight is 557 g/mol. The van der Waals surface area contributed by atoms with E-state index in [1.807, 2.05) is 5.48 Å². The number of nitrogens with zero attached hydrogens (tertiary/aromatic N) is 1. The first-order valence-electron chi connectivity index (χ1n) is 11.2. The van der Waals surface area contributed by atoms with Gasteiger partial charge in [0, 0.05) is 13.1 Å². The normalized spacial score (nSPS) is 11.2. The van der Waals surface area contributed by atoms with Gasteiger partial charge in [0.2, 0.25) is 0 Å². The van der Waals surface area contributed by atoms with E-state index in [0.29, 0.717) is 24.3 Å². The van der Waals surface area contributed by atoms with Gasteiger partial charge < -0.3 is 30.3 Å². The van der Waals surface area contributed by atoms with E-state index in [1.165, 1.54) is 13.8 Å². The van der Waals surface area contributed by atoms with Crippen LogP contribution in [0.4, 0.5) is 17.6 Å². The molecule has 0 aromatic heterocycles. The number of hydrogen-bond acceptors (Lipinski definition) is 8. The van der Waals surface area contributed by atoms with Gasteiger partial charge in [0.15, 0.2) is 0 Å². The number of amides is 3. The van der Waals surface area contributed by atoms with Gasteiger partial charge in [0.25, 0.3) is 17.7 Å². The molecule has 0 fully saturated rings. The summed E-state index contributed by atoms with van der Waals surface area (Å²) in [6.07, 6.45) is 0. The minimum absolute atomic E-state index is 0.356. The molecule has 0 bridgehead atoms. The summed E-state index contributed by atoms with van der Waals surface area (Å²) >= 11 is 0. The SMILES string of the molecule is CONC(=O)CN(CC(C)(C)CNC(=O)c1c(F)cc(B(O)O)cc1F)C(=O)c1c(F)cc(B(O)O)cc1F. The number of rotatable bonds is 11. The van der Waals surface area contributed by atoms with Crippen LogP contribution in [0.1, 0.15) is 34.6 Å². The first-order chi connectivity index (χ1) is 18.1. The van der Waals surface area contributed by atoms with Crippen LogP contribution in [0.25, 0.3) is 0 Å². The molecule has 0 aliphatic rings. The maximum absolute atomic E-state index is 14.6. The van der Waals surface area contributed by atoms with Gasteiger partial charge in [-0.3, -0.25) is 19.2 Å². The fourth-order valence-corrected chi connectivity index (χ4v) is 3.56. The van der Waals surface area contributed by atoms with E-state index in [-0.39, 0.29) is 6.54 Å². The van der Waals surface area contributed by atoms with E-state index in [2.05, 4.69) is 10.2 Å². The van der Waals surface area contributed by atoms with Crippen LogP contribution in [0.2, 0.25) is 0 Å². The number of benzene rings is 2. The highest BCUT2D eigenvalue weighted by Gasteiger charge is 2.32. The second-order valence-corrected chi connectivity index (χ2v) is 9.20. The van der Waals surface area contributed by atoms with Crippen LogP contribution in [0.15, 0.2) is 24.3 Å². The van der Waals surface area contributed by atoms with Gasteiger partial charge in [-0.2, -0.15) is 0 Å². The Labute approximate surface area is 220 Å². The lowest BCUT2D eigenvalue weighted by atomic mass is 9.79. The molecule has 0 radical (unpaired) electrons. The van der Waals surface area contributed by atoms with Gasteiger partial charge in [0.1, 0.15) is 40.9 Å². The maximum Gasteiger partial charge on any atom is 0.488 e. The molecule has 0 spiro atoms. The van der Waals surface area contributed by atoms with Gasteiger partial charge in [-0.1, -0.05) is 13.8 Å². The van der Waals surface area contributed by atoms with Crippen LogP contribution in [-0.4, -0.2) is 83.7 Å². The molecular weight excluding hydrogens is 532 g/mol. The zero-order valence-corrected chi connectivity index (χ0v) is 21.0. The van der Waals surface area contributed by atoms with Gasteiger partial charge in [-0.05, 0) is 40.6 Å². The van der Waals surface area contributed by atoms with Gasteiger partial charge in [-0.15, -0.1) is 0 Å². The fourth-order valence-electron chi connectivity index (χ4n) is 3.56. The standard InChI is InChI=1S/C22H25B2F4N3O8/c1-22(2,9-29-20(33)18-13(25)4-11(23(35)36)5-14(18)26)10-31(8-17(32)30-39-3)21(34)19-15(27)6-12(24(37)38)7-16(19)28/h4-7,35-38H,8-10H2,1-3H3,(H,29,33)(H,30,32). The Morgan fingerprint density at radius 3 is 1.72 bits per heavy atom. The summed E-state index contributed by atoms with van der Waals surface area (Å²) in [7, 11) is -3.29. The lowest BCUT2D eigenvalue weighted by Gasteiger charge is -2.33. The number of hydroxylamine groups is 1. The Bertz CT molecular complexity index is 1200. The third-order valence-electron chi connectivity index (χ3n) is 5.35. The summed E-state index contributed by atoms with van der Waals surface area (Å²) in [4.78, 5) is 42.9. The molecule has 210 valence electrons. The molecule has 2 rings (SSSR count). The molecule has 0 aliphatic carbocycles. The Balaban J connectivity index is 2.29. The Morgan fingerprint density at radius 2 is 1.31 bits per heavy atom. The molecule has 3 amide bonds. The van der Waals surface area contributed by atoms with E-state index in [4.69, 9.17) is 20.1 Å². The van der Waals surface area contributed by atoms with Crippen molar-refractivity contribution in [3.8, 4) is 0 Å². The van der Waals surface area contributed by atoms with Crippen molar-refractivity contribution in [3.05, 3.63) is 58.7 Å². The molecule has 0 saturated carbocycles. The highest BCUT2D eigenvalue weighted by molar-refractivity contribution is 6.59. The van der Waals surface area contributed by atoms with Crippen LogP contribution in [0.5, 0.6) is 0 Å². The monoisotopic (exact) mass is 557 g/mol. The van der Waals surface area contributed by atoms with E-state index >= 15 is 0 Å². The van der Waals surface area contributed by atoms with Crippen LogP contribution >= 0.6 is 0 Å². The maximum atomic E-state index is 14.6. The van der Waals surface area contributed by atoms with Crippen LogP contribution in [0.3, 0.4) is 0 Å². The predicted octanol–water partition coefficient (Wildman–Crippen LogP) is -1.82. The van der Waals surface area contributed by atoms with Gasteiger partial charge in [-0.25, -0.2) is 23.0 Å². The molecule has 2 aromatic rings. The first-order valence-corrected chi connectivity index (χ1v) is 11.2. The van der Waals surface area contributed by atoms with E-state index in [0.717, 1.165) is 12.0 Å². The van der Waals surface area contributed by atoms with Crippen LogP contribution < -0.4 is 21.7 Å². The molecule has 0 atom stereocenters. The number of carbonyl (C=O) groups excluding carboxylic acids is 3. The van der Waals surface area contributed by atoms with Gasteiger partial charge >= 0.3 is 14.2 Å². The minimum atomic E-state index is -2.22. The fraction of sp³-hybridized carbons (Fsp3) is 0.318. The summed E-state index contributed by atoms with van der Waals surface area (Å²) in [5.41, 5.74) is -2.42.